The van der Waals surface area contributed by atoms with Gasteiger partial charge < -0.3 is 4.74 Å². The second kappa shape index (κ2) is 10.8. The molecule has 0 rings (SSSR count). The fourth-order valence-corrected chi connectivity index (χ4v) is 1.32. The standard InChI is InChI=1S/C13H20O2/c1-3-4-5-6-7-8-9-10-11-12-13(14)15-2/h1,4-5H,6-12H2,2H3/b5-4-. The Balaban J connectivity index is 3.09. The Morgan fingerprint density at radius 3 is 2.60 bits per heavy atom. The summed E-state index contributed by atoms with van der Waals surface area (Å²) < 4.78 is 4.56. The van der Waals surface area contributed by atoms with Crippen LogP contribution in [0.2, 0.25) is 0 Å². The molecular formula is C13H20O2. The van der Waals surface area contributed by atoms with Crippen LogP contribution in [-0.2, 0) is 9.53 Å². The first-order valence-corrected chi connectivity index (χ1v) is 5.49. The van der Waals surface area contributed by atoms with E-state index < -0.39 is 0 Å². The molecule has 15 heavy (non-hydrogen) atoms. The monoisotopic (exact) mass is 208 g/mol. The second-order valence-corrected chi connectivity index (χ2v) is 3.45. The SMILES string of the molecule is C#C/C=C\CCCCCCCC(=O)OC. The highest BCUT2D eigenvalue weighted by molar-refractivity contribution is 5.68. The van der Waals surface area contributed by atoms with Gasteiger partial charge in [0.15, 0.2) is 0 Å². The fourth-order valence-electron chi connectivity index (χ4n) is 1.32. The number of hydrogen-bond acceptors (Lipinski definition) is 2. The van der Waals surface area contributed by atoms with Gasteiger partial charge in [-0.2, -0.15) is 0 Å². The number of hydrogen-bond donors (Lipinski definition) is 0. The molecule has 0 radical (unpaired) electrons. The van der Waals surface area contributed by atoms with Crippen molar-refractivity contribution in [1.82, 2.24) is 0 Å². The lowest BCUT2D eigenvalue weighted by Gasteiger charge is -1.99. The molecule has 0 saturated heterocycles. The predicted octanol–water partition coefficient (Wildman–Crippen LogP) is 3.08. The predicted molar refractivity (Wildman–Crippen MR) is 62.3 cm³/mol. The largest absolute Gasteiger partial charge is 0.469 e. The summed E-state index contributed by atoms with van der Waals surface area (Å²) in [5, 5.41) is 0. The van der Waals surface area contributed by atoms with E-state index in [1.165, 1.54) is 26.4 Å². The molecule has 0 aromatic carbocycles. The summed E-state index contributed by atoms with van der Waals surface area (Å²) in [6, 6.07) is 0. The summed E-state index contributed by atoms with van der Waals surface area (Å²) in [5.41, 5.74) is 0. The Bertz CT molecular complexity index is 223. The van der Waals surface area contributed by atoms with Crippen LogP contribution in [-0.4, -0.2) is 13.1 Å². The van der Waals surface area contributed by atoms with Crippen LogP contribution in [0.15, 0.2) is 12.2 Å². The lowest BCUT2D eigenvalue weighted by atomic mass is 10.1. The Kier molecular flexibility index (Phi) is 9.96. The maximum Gasteiger partial charge on any atom is 0.305 e. The summed E-state index contributed by atoms with van der Waals surface area (Å²) in [7, 11) is 1.43. The lowest BCUT2D eigenvalue weighted by molar-refractivity contribution is -0.140. The molecule has 0 saturated carbocycles. The zero-order chi connectivity index (χ0) is 11.4. The summed E-state index contributed by atoms with van der Waals surface area (Å²) in [4.78, 5) is 10.8. The third-order valence-corrected chi connectivity index (χ3v) is 2.19. The van der Waals surface area contributed by atoms with E-state index in [0.717, 1.165) is 19.3 Å². The van der Waals surface area contributed by atoms with Crippen molar-refractivity contribution in [3.05, 3.63) is 12.2 Å². The van der Waals surface area contributed by atoms with Crippen molar-refractivity contribution in [3.63, 3.8) is 0 Å². The van der Waals surface area contributed by atoms with Crippen LogP contribution in [0.25, 0.3) is 0 Å². The van der Waals surface area contributed by atoms with Gasteiger partial charge in [0.25, 0.3) is 0 Å². The maximum absolute atomic E-state index is 10.8. The number of ether oxygens (including phenoxy) is 1. The average molecular weight is 208 g/mol. The third kappa shape index (κ3) is 10.7. The number of carbonyl (C=O) groups excluding carboxylic acids is 1. The molecule has 0 fully saturated rings. The minimum Gasteiger partial charge on any atom is -0.469 e. The Morgan fingerprint density at radius 1 is 1.27 bits per heavy atom. The molecule has 0 spiro atoms. The molecule has 0 bridgehead atoms. The van der Waals surface area contributed by atoms with Crippen LogP contribution in [0.3, 0.4) is 0 Å². The van der Waals surface area contributed by atoms with E-state index in [1.807, 2.05) is 6.08 Å². The minimum absolute atomic E-state index is 0.105. The topological polar surface area (TPSA) is 26.3 Å². The van der Waals surface area contributed by atoms with E-state index >= 15 is 0 Å². The number of carbonyl (C=O) groups is 1. The molecule has 0 unspecified atom stereocenters. The molecule has 0 N–H and O–H groups in total. The van der Waals surface area contributed by atoms with Gasteiger partial charge in [-0.05, 0) is 25.3 Å². The van der Waals surface area contributed by atoms with E-state index in [9.17, 15) is 4.79 Å². The van der Waals surface area contributed by atoms with Gasteiger partial charge in [-0.3, -0.25) is 4.79 Å². The normalized spacial score (nSPS) is 10.1. The molecular weight excluding hydrogens is 188 g/mol. The van der Waals surface area contributed by atoms with E-state index in [2.05, 4.69) is 10.7 Å². The van der Waals surface area contributed by atoms with Gasteiger partial charge >= 0.3 is 5.97 Å². The molecule has 0 aromatic rings. The second-order valence-electron chi connectivity index (χ2n) is 3.45. The van der Waals surface area contributed by atoms with Gasteiger partial charge in [0.2, 0.25) is 0 Å². The Labute approximate surface area is 92.7 Å². The van der Waals surface area contributed by atoms with E-state index in [4.69, 9.17) is 6.42 Å². The highest BCUT2D eigenvalue weighted by Crippen LogP contribution is 2.07. The summed E-state index contributed by atoms with van der Waals surface area (Å²) in [5.74, 6) is 2.36. The summed E-state index contributed by atoms with van der Waals surface area (Å²) >= 11 is 0. The van der Waals surface area contributed by atoms with Crippen LogP contribution in [0, 0.1) is 12.3 Å². The molecule has 2 heteroatoms. The average Bonchev–Trinajstić information content (AvgIpc) is 2.26. The number of terminal acetylenes is 1. The molecule has 84 valence electrons. The van der Waals surface area contributed by atoms with Crippen molar-refractivity contribution < 1.29 is 9.53 Å². The number of rotatable bonds is 8. The molecule has 2 nitrogen and oxygen atoms in total. The fraction of sp³-hybridized carbons (Fsp3) is 0.615. The quantitative estimate of drug-likeness (QED) is 0.348. The maximum atomic E-state index is 10.8. The molecule has 0 aromatic heterocycles. The van der Waals surface area contributed by atoms with Crippen molar-refractivity contribution >= 4 is 5.97 Å². The first kappa shape index (κ1) is 13.8. The van der Waals surface area contributed by atoms with Crippen molar-refractivity contribution in [2.45, 2.75) is 44.9 Å². The summed E-state index contributed by atoms with van der Waals surface area (Å²) in [6.07, 6.45) is 16.1. The van der Waals surface area contributed by atoms with E-state index in [-0.39, 0.29) is 5.97 Å². The van der Waals surface area contributed by atoms with Gasteiger partial charge in [0, 0.05) is 6.42 Å². The third-order valence-electron chi connectivity index (χ3n) is 2.19. The number of esters is 1. The highest BCUT2D eigenvalue weighted by Gasteiger charge is 1.98. The van der Waals surface area contributed by atoms with Gasteiger partial charge in [-0.15, -0.1) is 6.42 Å². The van der Waals surface area contributed by atoms with Crippen molar-refractivity contribution in [3.8, 4) is 12.3 Å². The van der Waals surface area contributed by atoms with E-state index in [0.29, 0.717) is 6.42 Å². The molecule has 0 amide bonds. The first-order valence-electron chi connectivity index (χ1n) is 5.49. The lowest BCUT2D eigenvalue weighted by Crippen LogP contribution is -1.98. The van der Waals surface area contributed by atoms with Crippen LogP contribution in [0.4, 0.5) is 0 Å². The van der Waals surface area contributed by atoms with Gasteiger partial charge in [-0.1, -0.05) is 31.3 Å². The first-order chi connectivity index (χ1) is 7.31. The molecule has 0 aliphatic heterocycles. The van der Waals surface area contributed by atoms with Crippen molar-refractivity contribution in [2.75, 3.05) is 7.11 Å². The van der Waals surface area contributed by atoms with Gasteiger partial charge in [0.05, 0.1) is 7.11 Å². The van der Waals surface area contributed by atoms with Crippen molar-refractivity contribution in [1.29, 1.82) is 0 Å². The number of unbranched alkanes of at least 4 members (excludes halogenated alkanes) is 5. The van der Waals surface area contributed by atoms with E-state index in [1.54, 1.807) is 6.08 Å². The van der Waals surface area contributed by atoms with Crippen LogP contribution < -0.4 is 0 Å². The van der Waals surface area contributed by atoms with Gasteiger partial charge in [0.1, 0.15) is 0 Å². The number of allylic oxidation sites excluding steroid dienone is 2. The Morgan fingerprint density at radius 2 is 1.93 bits per heavy atom. The molecule has 0 heterocycles. The minimum atomic E-state index is -0.105. The number of methoxy groups -OCH3 is 1. The van der Waals surface area contributed by atoms with Crippen LogP contribution in [0.1, 0.15) is 44.9 Å². The smallest absolute Gasteiger partial charge is 0.305 e. The molecule has 0 aliphatic rings. The van der Waals surface area contributed by atoms with Crippen molar-refractivity contribution in [2.24, 2.45) is 0 Å². The summed E-state index contributed by atoms with van der Waals surface area (Å²) in [6.45, 7) is 0. The highest BCUT2D eigenvalue weighted by atomic mass is 16.5. The molecule has 0 aliphatic carbocycles. The van der Waals surface area contributed by atoms with Gasteiger partial charge in [-0.25, -0.2) is 0 Å². The van der Waals surface area contributed by atoms with Crippen LogP contribution in [0.5, 0.6) is 0 Å². The zero-order valence-corrected chi connectivity index (χ0v) is 9.50. The van der Waals surface area contributed by atoms with Crippen LogP contribution >= 0.6 is 0 Å². The Hall–Kier alpha value is -1.23. The molecule has 0 atom stereocenters. The zero-order valence-electron chi connectivity index (χ0n) is 9.50.